The van der Waals surface area contributed by atoms with Crippen LogP contribution in [0.5, 0.6) is 0 Å². The van der Waals surface area contributed by atoms with Crippen molar-refractivity contribution in [1.82, 2.24) is 19.6 Å². The second-order valence-corrected chi connectivity index (χ2v) is 9.86. The summed E-state index contributed by atoms with van der Waals surface area (Å²) in [5.41, 5.74) is 2.80. The molecule has 0 spiro atoms. The Hall–Kier alpha value is -1.28. The van der Waals surface area contributed by atoms with Gasteiger partial charge in [0.1, 0.15) is 0 Å². The summed E-state index contributed by atoms with van der Waals surface area (Å²) < 4.78 is 0. The van der Waals surface area contributed by atoms with Gasteiger partial charge in [-0.2, -0.15) is 0 Å². The normalized spacial score (nSPS) is 25.4. The van der Waals surface area contributed by atoms with Gasteiger partial charge >= 0.3 is 1.43 Å². The zero-order chi connectivity index (χ0) is 22.7. The number of hydrogen-bond acceptors (Lipinski definition) is 5. The molecule has 0 saturated carbocycles. The van der Waals surface area contributed by atoms with Crippen LogP contribution in [0.15, 0.2) is 60.7 Å². The molecule has 34 heavy (non-hydrogen) atoms. The molecule has 0 aliphatic carbocycles. The van der Waals surface area contributed by atoms with Crippen LogP contribution in [-0.4, -0.2) is 96.8 Å². The lowest BCUT2D eigenvalue weighted by Gasteiger charge is -2.38. The summed E-state index contributed by atoms with van der Waals surface area (Å²) in [6.07, 6.45) is 2.12. The summed E-state index contributed by atoms with van der Waals surface area (Å²) in [5, 5.41) is 9.79. The predicted octanol–water partition coefficient (Wildman–Crippen LogP) is 0.127. The summed E-state index contributed by atoms with van der Waals surface area (Å²) in [4.78, 5) is 10.6. The fourth-order valence-electron chi connectivity index (χ4n) is 5.34. The average Bonchev–Trinajstić information content (AvgIpc) is 2.84. The third-order valence-corrected chi connectivity index (χ3v) is 7.21. The molecule has 2 aromatic carbocycles. The van der Waals surface area contributed by atoms with Crippen molar-refractivity contribution in [3.05, 3.63) is 71.8 Å². The molecule has 6 heteroatoms. The van der Waals surface area contributed by atoms with Gasteiger partial charge in [-0.3, -0.25) is 9.80 Å². The average molecular weight is 532 g/mol. The van der Waals surface area contributed by atoms with Gasteiger partial charge in [0.2, 0.25) is 0 Å². The second-order valence-electron chi connectivity index (χ2n) is 9.86. The maximum Gasteiger partial charge on any atom is 1.00 e. The van der Waals surface area contributed by atoms with Crippen molar-refractivity contribution >= 4 is 0 Å². The van der Waals surface area contributed by atoms with Crippen LogP contribution in [0.25, 0.3) is 0 Å². The van der Waals surface area contributed by atoms with E-state index in [4.69, 9.17) is 0 Å². The first-order valence-corrected chi connectivity index (χ1v) is 12.9. The Morgan fingerprint density at radius 2 is 1.21 bits per heavy atom. The number of halogens is 1. The molecule has 0 amide bonds. The van der Waals surface area contributed by atoms with E-state index >= 15 is 0 Å². The number of benzene rings is 2. The van der Waals surface area contributed by atoms with Gasteiger partial charge in [0.15, 0.2) is 0 Å². The van der Waals surface area contributed by atoms with E-state index in [9.17, 15) is 5.11 Å². The van der Waals surface area contributed by atoms with Crippen molar-refractivity contribution in [2.24, 2.45) is 5.92 Å². The van der Waals surface area contributed by atoms with Crippen LogP contribution in [0.4, 0.5) is 0 Å². The highest BCUT2D eigenvalue weighted by molar-refractivity contribution is 5.15. The van der Waals surface area contributed by atoms with Crippen molar-refractivity contribution in [3.8, 4) is 0 Å². The molecular formula is C28H43BrN4O. The van der Waals surface area contributed by atoms with Gasteiger partial charge in [0, 0.05) is 72.1 Å². The minimum atomic E-state index is 0. The third kappa shape index (κ3) is 9.06. The van der Waals surface area contributed by atoms with Crippen molar-refractivity contribution in [1.29, 1.82) is 0 Å². The minimum absolute atomic E-state index is 0. The van der Waals surface area contributed by atoms with Crippen LogP contribution in [-0.2, 0) is 13.1 Å². The molecular weight excluding hydrogens is 488 g/mol. The zero-order valence-corrected chi connectivity index (χ0v) is 22.2. The quantitative estimate of drug-likeness (QED) is 0.573. The van der Waals surface area contributed by atoms with Gasteiger partial charge in [-0.15, -0.1) is 0 Å². The van der Waals surface area contributed by atoms with Gasteiger partial charge in [-0.05, 0) is 43.0 Å². The van der Waals surface area contributed by atoms with Gasteiger partial charge < -0.3 is 31.9 Å². The van der Waals surface area contributed by atoms with E-state index in [1.165, 1.54) is 24.1 Å². The summed E-state index contributed by atoms with van der Waals surface area (Å²) in [7, 11) is 0. The molecule has 3 atom stereocenters. The molecule has 2 aromatic rings. The van der Waals surface area contributed by atoms with Crippen LogP contribution in [0.3, 0.4) is 0 Å². The highest BCUT2D eigenvalue weighted by atomic mass is 79.9. The van der Waals surface area contributed by atoms with Crippen LogP contribution in [0.1, 0.15) is 25.4 Å². The molecule has 188 valence electrons. The van der Waals surface area contributed by atoms with E-state index in [0.29, 0.717) is 5.92 Å². The summed E-state index contributed by atoms with van der Waals surface area (Å²) in [5.74, 6) is 0.510. The molecule has 2 unspecified atom stereocenters. The maximum atomic E-state index is 9.79. The van der Waals surface area contributed by atoms with Crippen molar-refractivity contribution in [2.75, 3.05) is 72.1 Å². The molecule has 2 aliphatic heterocycles. The fourth-order valence-corrected chi connectivity index (χ4v) is 5.34. The Morgan fingerprint density at radius 3 is 1.88 bits per heavy atom. The van der Waals surface area contributed by atoms with Crippen LogP contribution in [0.2, 0.25) is 0 Å². The van der Waals surface area contributed by atoms with Crippen LogP contribution >= 0.6 is 0 Å². The predicted molar refractivity (Wildman–Crippen MR) is 137 cm³/mol. The molecule has 0 aromatic heterocycles. The first kappa shape index (κ1) is 27.3. The van der Waals surface area contributed by atoms with Gasteiger partial charge in [0.05, 0.1) is 0 Å². The Bertz CT molecular complexity index is 800. The molecule has 2 aliphatic rings. The Balaban J connectivity index is 0.00000216. The second kappa shape index (κ2) is 15.0. The monoisotopic (exact) mass is 530 g/mol. The van der Waals surface area contributed by atoms with Crippen molar-refractivity contribution < 1.29 is 23.5 Å². The number of aliphatic hydroxyl groups excluding tert-OH is 1. The molecule has 4 rings (SSSR count). The number of hydrogen-bond donors (Lipinski definition) is 1. The summed E-state index contributed by atoms with van der Waals surface area (Å²) >= 11 is 0. The molecule has 0 radical (unpaired) electrons. The molecule has 2 fully saturated rings. The van der Waals surface area contributed by atoms with Crippen molar-refractivity contribution in [3.63, 3.8) is 0 Å². The van der Waals surface area contributed by atoms with Gasteiger partial charge in [-0.25, -0.2) is 0 Å². The molecule has 1 N–H and O–H groups in total. The molecule has 5 nitrogen and oxygen atoms in total. The molecule has 2 heterocycles. The van der Waals surface area contributed by atoms with E-state index < -0.39 is 0 Å². The largest absolute Gasteiger partial charge is 1.00 e. The van der Waals surface area contributed by atoms with Crippen LogP contribution in [0, 0.1) is 5.92 Å². The van der Waals surface area contributed by atoms with Gasteiger partial charge in [-0.1, -0.05) is 60.7 Å². The lowest BCUT2D eigenvalue weighted by molar-refractivity contribution is -0.00000823. The summed E-state index contributed by atoms with van der Waals surface area (Å²) in [6, 6.07) is 21.8. The Morgan fingerprint density at radius 1 is 0.647 bits per heavy atom. The van der Waals surface area contributed by atoms with E-state index in [0.717, 1.165) is 78.4 Å². The van der Waals surface area contributed by atoms with E-state index in [2.05, 4.69) is 80.3 Å². The van der Waals surface area contributed by atoms with E-state index in [1.807, 2.05) is 0 Å². The summed E-state index contributed by atoms with van der Waals surface area (Å²) in [6.45, 7) is 13.6. The minimum Gasteiger partial charge on any atom is -1.00 e. The smallest absolute Gasteiger partial charge is 1.00 e. The van der Waals surface area contributed by atoms with Crippen LogP contribution < -0.4 is 17.0 Å². The zero-order valence-electron chi connectivity index (χ0n) is 21.6. The first-order chi connectivity index (χ1) is 16.3. The van der Waals surface area contributed by atoms with E-state index in [-0.39, 0.29) is 25.0 Å². The number of rotatable bonds is 6. The molecule has 2 bridgehead atoms. The standard InChI is InChI=1S/C28H42N4O.BrH/c33-21-12-28-24-31-17-15-29(16-20-32(25-28)23-27-10-5-2-6-11-27)13-7-14-30(18-19-31)22-26-8-3-1-4-9-26;/h1-6,8-11,28,33H,7,12-25H2;1H/t28-;/m0./s1. The topological polar surface area (TPSA) is 33.2 Å². The molecule has 2 saturated heterocycles. The number of fused-ring (bicyclic) bond motifs is 3. The lowest BCUT2D eigenvalue weighted by Crippen LogP contribution is -3.00. The number of aliphatic hydroxyl groups is 1. The van der Waals surface area contributed by atoms with E-state index in [1.54, 1.807) is 0 Å². The Labute approximate surface area is 218 Å². The highest BCUT2D eigenvalue weighted by Crippen LogP contribution is 2.16. The van der Waals surface area contributed by atoms with Gasteiger partial charge in [0.25, 0.3) is 0 Å². The first-order valence-electron chi connectivity index (χ1n) is 12.9. The fraction of sp³-hybridized carbons (Fsp3) is 0.571. The maximum absolute atomic E-state index is 9.79. The number of nitrogens with zero attached hydrogens (tertiary/aromatic N) is 4. The SMILES string of the molecule is OCC[C@H]1CN2CCN(CCCN(Cc3ccccc3)CC2)CCN(Cc2ccccc2)C1.[Br-].[H+]. The third-order valence-electron chi connectivity index (χ3n) is 7.21. The lowest BCUT2D eigenvalue weighted by atomic mass is 10.0. The highest BCUT2D eigenvalue weighted by Gasteiger charge is 2.23. The Kier molecular flexibility index (Phi) is 12.0. The van der Waals surface area contributed by atoms with Crippen molar-refractivity contribution in [2.45, 2.75) is 25.9 Å².